The Morgan fingerprint density at radius 2 is 1.91 bits per heavy atom. The van der Waals surface area contributed by atoms with E-state index < -0.39 is 28.9 Å². The molecular weight excluding hydrogens is 328 g/mol. The number of alkyl halides is 4. The maximum atomic E-state index is 13.0. The van der Waals surface area contributed by atoms with E-state index in [2.05, 4.69) is 10.2 Å². The molecule has 6 nitrogen and oxygen atoms in total. The van der Waals surface area contributed by atoms with Crippen LogP contribution >= 0.6 is 0 Å². The fraction of sp³-hybridized carbons (Fsp3) is 0.727. The molecular formula is C11H16F4N4O2S. The summed E-state index contributed by atoms with van der Waals surface area (Å²) >= 11 is 0. The maximum Gasteiger partial charge on any atom is 0.319 e. The average Bonchev–Trinajstić information content (AvgIpc) is 2.85. The van der Waals surface area contributed by atoms with Crippen molar-refractivity contribution in [1.82, 2.24) is 19.4 Å². The van der Waals surface area contributed by atoms with Crippen LogP contribution in [0.1, 0.15) is 5.69 Å². The van der Waals surface area contributed by atoms with Crippen LogP contribution in [0.5, 0.6) is 0 Å². The number of aromatic nitrogens is 2. The molecule has 0 unspecified atom stereocenters. The topological polar surface area (TPSA) is 69.3 Å². The Hall–Kier alpha value is -1.20. The third kappa shape index (κ3) is 3.41. The smallest absolute Gasteiger partial charge is 0.295 e. The van der Waals surface area contributed by atoms with Crippen LogP contribution in [0.15, 0.2) is 11.1 Å². The van der Waals surface area contributed by atoms with Crippen molar-refractivity contribution in [2.45, 2.75) is 24.2 Å². The summed E-state index contributed by atoms with van der Waals surface area (Å²) in [4.78, 5) is 1.17. The van der Waals surface area contributed by atoms with Gasteiger partial charge in [-0.05, 0) is 6.92 Å². The summed E-state index contributed by atoms with van der Waals surface area (Å²) in [6.45, 7) is 0.345. The standard InChI is InChI=1S/C11H16F4N4O2S/c1-8-9(6-16-17-8)22(20,21)19-4-2-18(3-5-19)7-11(14,15)10(12)13/h6,10H,2-5,7H2,1H3,(H,16,17). The fourth-order valence-corrected chi connectivity index (χ4v) is 3.77. The zero-order valence-corrected chi connectivity index (χ0v) is 12.6. The highest BCUT2D eigenvalue weighted by Gasteiger charge is 2.43. The molecule has 1 aromatic rings. The van der Waals surface area contributed by atoms with Gasteiger partial charge in [0.15, 0.2) is 0 Å². The van der Waals surface area contributed by atoms with Gasteiger partial charge in [-0.3, -0.25) is 10.00 Å². The molecule has 0 bridgehead atoms. The van der Waals surface area contributed by atoms with Crippen LogP contribution in [0.2, 0.25) is 0 Å². The third-order valence-electron chi connectivity index (χ3n) is 3.49. The van der Waals surface area contributed by atoms with E-state index in [4.69, 9.17) is 0 Å². The van der Waals surface area contributed by atoms with Crippen LogP contribution in [0.25, 0.3) is 0 Å². The summed E-state index contributed by atoms with van der Waals surface area (Å²) < 4.78 is 76.2. The van der Waals surface area contributed by atoms with Gasteiger partial charge >= 0.3 is 12.3 Å². The first-order chi connectivity index (χ1) is 10.1. The number of aryl methyl sites for hydroxylation is 1. The van der Waals surface area contributed by atoms with Gasteiger partial charge in [0.1, 0.15) is 4.90 Å². The Bertz CT molecular complexity index is 611. The molecule has 0 amide bonds. The van der Waals surface area contributed by atoms with Crippen LogP contribution < -0.4 is 0 Å². The van der Waals surface area contributed by atoms with E-state index in [-0.39, 0.29) is 31.1 Å². The Morgan fingerprint density at radius 1 is 1.32 bits per heavy atom. The first-order valence-electron chi connectivity index (χ1n) is 6.53. The molecule has 0 spiro atoms. The minimum Gasteiger partial charge on any atom is -0.295 e. The first-order valence-corrected chi connectivity index (χ1v) is 7.97. The van der Waals surface area contributed by atoms with Crippen molar-refractivity contribution in [2.75, 3.05) is 32.7 Å². The van der Waals surface area contributed by atoms with Crippen LogP contribution in [0, 0.1) is 6.92 Å². The van der Waals surface area contributed by atoms with Crippen LogP contribution in [-0.2, 0) is 10.0 Å². The molecule has 1 aliphatic heterocycles. The van der Waals surface area contributed by atoms with E-state index in [0.29, 0.717) is 5.69 Å². The van der Waals surface area contributed by atoms with Crippen molar-refractivity contribution in [3.05, 3.63) is 11.9 Å². The summed E-state index contributed by atoms with van der Waals surface area (Å²) in [5, 5.41) is 6.16. The van der Waals surface area contributed by atoms with Crippen molar-refractivity contribution in [2.24, 2.45) is 0 Å². The molecule has 1 N–H and O–H groups in total. The van der Waals surface area contributed by atoms with Gasteiger partial charge in [0, 0.05) is 26.2 Å². The molecule has 2 rings (SSSR count). The van der Waals surface area contributed by atoms with E-state index in [1.54, 1.807) is 6.92 Å². The Balaban J connectivity index is 2.00. The summed E-state index contributed by atoms with van der Waals surface area (Å²) in [6, 6.07) is 0. The molecule has 0 aliphatic carbocycles. The Kier molecular flexibility index (Phi) is 4.78. The number of nitrogens with one attached hydrogen (secondary N) is 1. The van der Waals surface area contributed by atoms with E-state index in [9.17, 15) is 26.0 Å². The van der Waals surface area contributed by atoms with E-state index >= 15 is 0 Å². The van der Waals surface area contributed by atoms with E-state index in [1.165, 1.54) is 6.20 Å². The highest BCUT2D eigenvalue weighted by Crippen LogP contribution is 2.25. The van der Waals surface area contributed by atoms with Crippen molar-refractivity contribution in [1.29, 1.82) is 0 Å². The number of H-pyrrole nitrogens is 1. The average molecular weight is 344 g/mol. The highest BCUT2D eigenvalue weighted by molar-refractivity contribution is 7.89. The lowest BCUT2D eigenvalue weighted by molar-refractivity contribution is -0.143. The zero-order chi connectivity index (χ0) is 16.5. The molecule has 1 fully saturated rings. The second-order valence-corrected chi connectivity index (χ2v) is 7.01. The lowest BCUT2D eigenvalue weighted by Crippen LogP contribution is -2.52. The van der Waals surface area contributed by atoms with Gasteiger partial charge in [-0.15, -0.1) is 0 Å². The predicted molar refractivity (Wildman–Crippen MR) is 69.5 cm³/mol. The largest absolute Gasteiger partial charge is 0.319 e. The molecule has 1 aliphatic rings. The van der Waals surface area contributed by atoms with Gasteiger partial charge in [0.2, 0.25) is 10.0 Å². The number of sulfonamides is 1. The second-order valence-electron chi connectivity index (χ2n) is 5.10. The number of nitrogens with zero attached hydrogens (tertiary/aromatic N) is 3. The van der Waals surface area contributed by atoms with Crippen molar-refractivity contribution in [3.8, 4) is 0 Å². The minimum absolute atomic E-state index is 0.0267. The zero-order valence-electron chi connectivity index (χ0n) is 11.8. The molecule has 0 radical (unpaired) electrons. The van der Waals surface area contributed by atoms with Crippen LogP contribution in [0.4, 0.5) is 17.6 Å². The van der Waals surface area contributed by atoms with E-state index in [1.807, 2.05) is 0 Å². The number of piperazine rings is 1. The maximum absolute atomic E-state index is 13.0. The molecule has 11 heteroatoms. The van der Waals surface area contributed by atoms with Crippen LogP contribution in [-0.4, -0.2) is 72.9 Å². The molecule has 126 valence electrons. The molecule has 22 heavy (non-hydrogen) atoms. The van der Waals surface area contributed by atoms with Gasteiger partial charge in [-0.25, -0.2) is 17.2 Å². The molecule has 1 saturated heterocycles. The number of rotatable bonds is 5. The fourth-order valence-electron chi connectivity index (χ4n) is 2.23. The van der Waals surface area contributed by atoms with Gasteiger partial charge < -0.3 is 0 Å². The monoisotopic (exact) mass is 344 g/mol. The molecule has 0 aromatic carbocycles. The summed E-state index contributed by atoms with van der Waals surface area (Å²) in [7, 11) is -3.76. The Labute approximate surface area is 125 Å². The first kappa shape index (κ1) is 17.2. The number of aromatic amines is 1. The second kappa shape index (κ2) is 6.13. The summed E-state index contributed by atoms with van der Waals surface area (Å²) in [5.74, 6) is -4.10. The van der Waals surface area contributed by atoms with Gasteiger partial charge in [-0.2, -0.15) is 18.2 Å². The van der Waals surface area contributed by atoms with Crippen molar-refractivity contribution in [3.63, 3.8) is 0 Å². The molecule has 1 aromatic heterocycles. The summed E-state index contributed by atoms with van der Waals surface area (Å²) in [6.07, 6.45) is -2.55. The molecule has 0 saturated carbocycles. The van der Waals surface area contributed by atoms with Gasteiger partial charge in [0.05, 0.1) is 18.4 Å². The summed E-state index contributed by atoms with van der Waals surface area (Å²) in [5.41, 5.74) is 0.381. The van der Waals surface area contributed by atoms with E-state index in [0.717, 1.165) is 9.21 Å². The third-order valence-corrected chi connectivity index (χ3v) is 5.50. The quantitative estimate of drug-likeness (QED) is 0.807. The lowest BCUT2D eigenvalue weighted by Gasteiger charge is -2.35. The highest BCUT2D eigenvalue weighted by atomic mass is 32.2. The predicted octanol–water partition coefficient (Wildman–Crippen LogP) is 0.925. The molecule has 0 atom stereocenters. The molecule has 2 heterocycles. The minimum atomic E-state index is -4.10. The lowest BCUT2D eigenvalue weighted by atomic mass is 10.3. The van der Waals surface area contributed by atoms with Gasteiger partial charge in [0.25, 0.3) is 0 Å². The van der Waals surface area contributed by atoms with Crippen LogP contribution in [0.3, 0.4) is 0 Å². The SMILES string of the molecule is Cc1[nH]ncc1S(=O)(=O)N1CCN(CC(F)(F)C(F)F)CC1. The number of hydrogen-bond acceptors (Lipinski definition) is 4. The number of halogens is 4. The normalized spacial score (nSPS) is 19.0. The Morgan fingerprint density at radius 3 is 2.36 bits per heavy atom. The van der Waals surface area contributed by atoms with Gasteiger partial charge in [-0.1, -0.05) is 0 Å². The number of hydrogen-bond donors (Lipinski definition) is 1. The van der Waals surface area contributed by atoms with Crippen molar-refractivity contribution < 1.29 is 26.0 Å². The van der Waals surface area contributed by atoms with Crippen molar-refractivity contribution >= 4 is 10.0 Å².